The first-order valence-corrected chi connectivity index (χ1v) is 8.47. The van der Waals surface area contributed by atoms with Gasteiger partial charge in [0.05, 0.1) is 17.4 Å². The first kappa shape index (κ1) is 13.8. The highest BCUT2D eigenvalue weighted by atomic mass is 16.2. The molecule has 1 amide bonds. The Morgan fingerprint density at radius 2 is 2.17 bits per heavy atom. The minimum Gasteiger partial charge on any atom is -0.345 e. The van der Waals surface area contributed by atoms with E-state index in [2.05, 4.69) is 46.1 Å². The molecule has 1 fully saturated rings. The maximum Gasteiger partial charge on any atom is 0.254 e. The average Bonchev–Trinajstić information content (AvgIpc) is 3.16. The first-order chi connectivity index (χ1) is 11.6. The van der Waals surface area contributed by atoms with Crippen LogP contribution in [0.25, 0.3) is 11.0 Å². The molecule has 2 atom stereocenters. The molecule has 1 N–H and O–H groups in total. The summed E-state index contributed by atoms with van der Waals surface area (Å²) in [6.07, 6.45) is 3.69. The van der Waals surface area contributed by atoms with Gasteiger partial charge in [0.15, 0.2) is 0 Å². The second-order valence-corrected chi connectivity index (χ2v) is 7.35. The fourth-order valence-corrected chi connectivity index (χ4v) is 4.59. The van der Waals surface area contributed by atoms with Gasteiger partial charge in [0.2, 0.25) is 0 Å². The first-order valence-electron chi connectivity index (χ1n) is 8.47. The number of benzene rings is 2. The zero-order valence-electron chi connectivity index (χ0n) is 13.6. The number of fused-ring (bicyclic) bond motifs is 5. The van der Waals surface area contributed by atoms with Gasteiger partial charge in [-0.3, -0.25) is 4.79 Å². The van der Waals surface area contributed by atoms with E-state index in [0.717, 1.165) is 36.0 Å². The zero-order valence-corrected chi connectivity index (χ0v) is 13.6. The van der Waals surface area contributed by atoms with Crippen molar-refractivity contribution in [3.8, 4) is 0 Å². The van der Waals surface area contributed by atoms with Crippen molar-refractivity contribution >= 4 is 16.9 Å². The van der Waals surface area contributed by atoms with Gasteiger partial charge < -0.3 is 9.88 Å². The fraction of sp³-hybridized carbons (Fsp3) is 0.300. The standard InChI is InChI=1S/C20H19N3O/c1-20-10-15(8-13-4-2-3-5-16(13)20)23(11-20)19(24)14-6-7-17-18(9-14)22-12-21-17/h2-7,9,12,15H,8,10-11H2,1H3,(H,21,22). The van der Waals surface area contributed by atoms with Gasteiger partial charge in [-0.15, -0.1) is 0 Å². The molecule has 2 bridgehead atoms. The molecule has 24 heavy (non-hydrogen) atoms. The van der Waals surface area contributed by atoms with Gasteiger partial charge in [-0.1, -0.05) is 31.2 Å². The van der Waals surface area contributed by atoms with Gasteiger partial charge in [0, 0.05) is 23.6 Å². The predicted molar refractivity (Wildman–Crippen MR) is 93.0 cm³/mol. The van der Waals surface area contributed by atoms with E-state index in [1.807, 2.05) is 18.2 Å². The molecule has 1 aromatic heterocycles. The average molecular weight is 317 g/mol. The molecule has 120 valence electrons. The number of H-pyrrole nitrogens is 1. The number of hydrogen-bond acceptors (Lipinski definition) is 2. The Kier molecular flexibility index (Phi) is 2.70. The van der Waals surface area contributed by atoms with E-state index >= 15 is 0 Å². The number of rotatable bonds is 1. The SMILES string of the molecule is CC12CC(Cc3ccccc31)N(C(=O)c1ccc3nc[nH]c3c1)C2. The molecule has 1 saturated heterocycles. The smallest absolute Gasteiger partial charge is 0.254 e. The molecule has 4 heteroatoms. The van der Waals surface area contributed by atoms with Crippen LogP contribution in [0.4, 0.5) is 0 Å². The quantitative estimate of drug-likeness (QED) is 0.749. The Labute approximate surface area is 140 Å². The third-order valence-electron chi connectivity index (χ3n) is 5.70. The zero-order chi connectivity index (χ0) is 16.3. The molecule has 5 rings (SSSR count). The molecule has 0 radical (unpaired) electrons. The Bertz CT molecular complexity index is 960. The molecule has 0 spiro atoms. The number of likely N-dealkylation sites (tertiary alicyclic amines) is 1. The van der Waals surface area contributed by atoms with Crippen molar-refractivity contribution < 1.29 is 4.79 Å². The second kappa shape index (κ2) is 4.69. The number of aromatic amines is 1. The third kappa shape index (κ3) is 1.86. The van der Waals surface area contributed by atoms with Gasteiger partial charge in [-0.05, 0) is 42.2 Å². The maximum absolute atomic E-state index is 13.1. The summed E-state index contributed by atoms with van der Waals surface area (Å²) in [5, 5.41) is 0. The van der Waals surface area contributed by atoms with Crippen LogP contribution in [-0.4, -0.2) is 33.4 Å². The second-order valence-electron chi connectivity index (χ2n) is 7.35. The van der Waals surface area contributed by atoms with E-state index in [9.17, 15) is 4.79 Å². The van der Waals surface area contributed by atoms with Crippen LogP contribution in [0.3, 0.4) is 0 Å². The lowest BCUT2D eigenvalue weighted by atomic mass is 9.73. The van der Waals surface area contributed by atoms with Crippen LogP contribution in [0.15, 0.2) is 48.8 Å². The summed E-state index contributed by atoms with van der Waals surface area (Å²) in [7, 11) is 0. The molecule has 1 aliphatic heterocycles. The van der Waals surface area contributed by atoms with Crippen molar-refractivity contribution in [1.29, 1.82) is 0 Å². The normalized spacial score (nSPS) is 25.0. The maximum atomic E-state index is 13.1. The molecule has 2 unspecified atom stereocenters. The number of imidazole rings is 1. The predicted octanol–water partition coefficient (Wildman–Crippen LogP) is 3.29. The molecule has 3 aromatic rings. The molecule has 1 aliphatic carbocycles. The Morgan fingerprint density at radius 1 is 1.29 bits per heavy atom. The van der Waals surface area contributed by atoms with Crippen LogP contribution in [0, 0.1) is 0 Å². The summed E-state index contributed by atoms with van der Waals surface area (Å²) in [5.41, 5.74) is 5.44. The lowest BCUT2D eigenvalue weighted by Gasteiger charge is -2.30. The summed E-state index contributed by atoms with van der Waals surface area (Å²) in [4.78, 5) is 22.5. The van der Waals surface area contributed by atoms with Crippen molar-refractivity contribution in [2.75, 3.05) is 6.54 Å². The van der Waals surface area contributed by atoms with Crippen LogP contribution in [-0.2, 0) is 11.8 Å². The number of amides is 1. The van der Waals surface area contributed by atoms with Crippen LogP contribution in [0.2, 0.25) is 0 Å². The van der Waals surface area contributed by atoms with Crippen LogP contribution < -0.4 is 0 Å². The number of carbonyl (C=O) groups is 1. The minimum absolute atomic E-state index is 0.0766. The molecule has 4 nitrogen and oxygen atoms in total. The van der Waals surface area contributed by atoms with E-state index in [-0.39, 0.29) is 11.3 Å². The van der Waals surface area contributed by atoms with Crippen LogP contribution in [0.5, 0.6) is 0 Å². The number of hydrogen-bond donors (Lipinski definition) is 1. The van der Waals surface area contributed by atoms with Crippen molar-refractivity contribution in [3.05, 3.63) is 65.5 Å². The van der Waals surface area contributed by atoms with Crippen molar-refractivity contribution in [1.82, 2.24) is 14.9 Å². The number of carbonyl (C=O) groups excluding carboxylic acids is 1. The Balaban J connectivity index is 1.51. The van der Waals surface area contributed by atoms with Gasteiger partial charge in [0.25, 0.3) is 5.91 Å². The van der Waals surface area contributed by atoms with Gasteiger partial charge in [-0.2, -0.15) is 0 Å². The van der Waals surface area contributed by atoms with Gasteiger partial charge >= 0.3 is 0 Å². The molecule has 2 aromatic carbocycles. The topological polar surface area (TPSA) is 49.0 Å². The molecular weight excluding hydrogens is 298 g/mol. The molecular formula is C20H19N3O. The monoisotopic (exact) mass is 317 g/mol. The van der Waals surface area contributed by atoms with E-state index in [4.69, 9.17) is 0 Å². The van der Waals surface area contributed by atoms with E-state index < -0.39 is 0 Å². The lowest BCUT2D eigenvalue weighted by Crippen LogP contribution is -2.36. The van der Waals surface area contributed by atoms with Crippen molar-refractivity contribution in [2.24, 2.45) is 0 Å². The summed E-state index contributed by atoms with van der Waals surface area (Å²) in [6, 6.07) is 14.7. The molecule has 2 heterocycles. The van der Waals surface area contributed by atoms with Crippen LogP contribution >= 0.6 is 0 Å². The molecule has 0 saturated carbocycles. The number of nitrogens with zero attached hydrogens (tertiary/aromatic N) is 2. The van der Waals surface area contributed by atoms with Gasteiger partial charge in [0.1, 0.15) is 0 Å². The largest absolute Gasteiger partial charge is 0.345 e. The Hall–Kier alpha value is -2.62. The minimum atomic E-state index is 0.0766. The number of nitrogens with one attached hydrogen (secondary N) is 1. The lowest BCUT2D eigenvalue weighted by molar-refractivity contribution is 0.0734. The van der Waals surface area contributed by atoms with Crippen LogP contribution in [0.1, 0.15) is 34.8 Å². The van der Waals surface area contributed by atoms with Crippen molar-refractivity contribution in [3.63, 3.8) is 0 Å². The van der Waals surface area contributed by atoms with Crippen molar-refractivity contribution in [2.45, 2.75) is 31.2 Å². The highest BCUT2D eigenvalue weighted by Crippen LogP contribution is 2.45. The molecule has 2 aliphatic rings. The van der Waals surface area contributed by atoms with Gasteiger partial charge in [-0.25, -0.2) is 4.98 Å². The highest BCUT2D eigenvalue weighted by Gasteiger charge is 2.48. The van der Waals surface area contributed by atoms with E-state index in [1.165, 1.54) is 11.1 Å². The highest BCUT2D eigenvalue weighted by molar-refractivity contribution is 5.97. The third-order valence-corrected chi connectivity index (χ3v) is 5.70. The summed E-state index contributed by atoms with van der Waals surface area (Å²) < 4.78 is 0. The van der Waals surface area contributed by atoms with E-state index in [0.29, 0.717) is 6.04 Å². The number of aromatic nitrogens is 2. The summed E-state index contributed by atoms with van der Waals surface area (Å²) in [5.74, 6) is 0.132. The summed E-state index contributed by atoms with van der Waals surface area (Å²) in [6.45, 7) is 3.10. The summed E-state index contributed by atoms with van der Waals surface area (Å²) >= 11 is 0. The van der Waals surface area contributed by atoms with E-state index in [1.54, 1.807) is 6.33 Å². The Morgan fingerprint density at radius 3 is 3.08 bits per heavy atom. The fourth-order valence-electron chi connectivity index (χ4n) is 4.59.